The van der Waals surface area contributed by atoms with Crippen LogP contribution in [0.1, 0.15) is 13.3 Å². The van der Waals surface area contributed by atoms with E-state index in [0.29, 0.717) is 12.5 Å². The fraction of sp³-hybridized carbons (Fsp3) is 0.500. The first-order valence-corrected chi connectivity index (χ1v) is 7.39. The Morgan fingerprint density at radius 3 is 2.62 bits per heavy atom. The van der Waals surface area contributed by atoms with E-state index in [9.17, 15) is 4.79 Å². The molecule has 2 unspecified atom stereocenters. The van der Waals surface area contributed by atoms with E-state index in [-0.39, 0.29) is 30.7 Å². The highest BCUT2D eigenvalue weighted by atomic mass is 79.9. The Hall–Kier alpha value is -0.490. The van der Waals surface area contributed by atoms with Crippen molar-refractivity contribution in [3.8, 4) is 0 Å². The first-order valence-electron chi connectivity index (χ1n) is 6.60. The van der Waals surface area contributed by atoms with Crippen molar-refractivity contribution in [2.24, 2.45) is 11.7 Å². The number of nitrogens with zero attached hydrogens (tertiary/aromatic N) is 1. The van der Waals surface area contributed by atoms with E-state index in [4.69, 9.17) is 5.73 Å². The van der Waals surface area contributed by atoms with Crippen molar-refractivity contribution < 1.29 is 4.79 Å². The van der Waals surface area contributed by atoms with E-state index < -0.39 is 6.04 Å². The fourth-order valence-electron chi connectivity index (χ4n) is 2.29. The van der Waals surface area contributed by atoms with Gasteiger partial charge < -0.3 is 16.0 Å². The molecule has 1 amide bonds. The molecule has 3 N–H and O–H groups in total. The number of anilines is 1. The lowest BCUT2D eigenvalue weighted by Gasteiger charge is -2.19. The average molecular weight is 399 g/mol. The van der Waals surface area contributed by atoms with Crippen molar-refractivity contribution in [2.75, 3.05) is 24.5 Å². The summed E-state index contributed by atoms with van der Waals surface area (Å²) in [5.41, 5.74) is 6.77. The van der Waals surface area contributed by atoms with Crippen LogP contribution in [0.25, 0.3) is 0 Å². The second-order valence-corrected chi connectivity index (χ2v) is 6.03. The summed E-state index contributed by atoms with van der Waals surface area (Å²) in [7, 11) is 0. The molecule has 0 aromatic heterocycles. The summed E-state index contributed by atoms with van der Waals surface area (Å²) in [5.74, 6) is 0.438. The second kappa shape index (κ2) is 9.51. The lowest BCUT2D eigenvalue weighted by Crippen LogP contribution is -2.40. The molecule has 7 heteroatoms. The van der Waals surface area contributed by atoms with Gasteiger partial charge in [-0.1, -0.05) is 15.9 Å². The molecule has 0 aliphatic carbocycles. The standard InChI is InChI=1S/C14H20BrN3O.2ClH/c1-10(16)14(19)17-8-11-6-7-18(9-11)13-4-2-12(15)3-5-13;;/h2-5,10-11H,6-9,16H2,1H3,(H,17,19);2*1H. The molecule has 120 valence electrons. The van der Waals surface area contributed by atoms with Gasteiger partial charge in [-0.15, -0.1) is 24.8 Å². The topological polar surface area (TPSA) is 58.4 Å². The minimum absolute atomic E-state index is 0. The molecular weight excluding hydrogens is 377 g/mol. The SMILES string of the molecule is CC(N)C(=O)NCC1CCN(c2ccc(Br)cc2)C1.Cl.Cl. The molecule has 21 heavy (non-hydrogen) atoms. The maximum absolute atomic E-state index is 11.4. The van der Waals surface area contributed by atoms with Gasteiger partial charge in [-0.05, 0) is 43.5 Å². The Labute approximate surface area is 146 Å². The molecule has 0 spiro atoms. The van der Waals surface area contributed by atoms with E-state index in [1.54, 1.807) is 6.92 Å². The molecule has 1 aliphatic rings. The minimum atomic E-state index is -0.427. The second-order valence-electron chi connectivity index (χ2n) is 5.11. The van der Waals surface area contributed by atoms with Gasteiger partial charge in [0.2, 0.25) is 5.91 Å². The highest BCUT2D eigenvalue weighted by Crippen LogP contribution is 2.24. The highest BCUT2D eigenvalue weighted by molar-refractivity contribution is 9.10. The Kier molecular flexibility index (Phi) is 9.29. The molecule has 1 heterocycles. The summed E-state index contributed by atoms with van der Waals surface area (Å²) in [6, 6.07) is 7.92. The number of rotatable bonds is 4. The first-order chi connectivity index (χ1) is 9.06. The number of nitrogens with two attached hydrogens (primary N) is 1. The van der Waals surface area contributed by atoms with Gasteiger partial charge in [0.15, 0.2) is 0 Å². The molecule has 1 aliphatic heterocycles. The Morgan fingerprint density at radius 2 is 2.05 bits per heavy atom. The molecule has 4 nitrogen and oxygen atoms in total. The van der Waals surface area contributed by atoms with E-state index in [2.05, 4.69) is 50.4 Å². The number of nitrogens with one attached hydrogen (secondary N) is 1. The van der Waals surface area contributed by atoms with Gasteiger partial charge in [-0.2, -0.15) is 0 Å². The summed E-state index contributed by atoms with van der Waals surface area (Å²) in [6.45, 7) is 4.45. The van der Waals surface area contributed by atoms with Crippen LogP contribution in [0.5, 0.6) is 0 Å². The van der Waals surface area contributed by atoms with Crippen LogP contribution in [0.3, 0.4) is 0 Å². The van der Waals surface area contributed by atoms with Gasteiger partial charge in [-0.25, -0.2) is 0 Å². The van der Waals surface area contributed by atoms with Crippen LogP contribution in [-0.4, -0.2) is 31.6 Å². The van der Waals surface area contributed by atoms with Crippen LogP contribution in [0, 0.1) is 5.92 Å². The predicted octanol–water partition coefficient (Wildman–Crippen LogP) is 2.58. The van der Waals surface area contributed by atoms with Gasteiger partial charge in [0.05, 0.1) is 6.04 Å². The number of halogens is 3. The number of hydrogen-bond acceptors (Lipinski definition) is 3. The largest absolute Gasteiger partial charge is 0.371 e. The monoisotopic (exact) mass is 397 g/mol. The molecule has 1 saturated heterocycles. The van der Waals surface area contributed by atoms with Crippen LogP contribution >= 0.6 is 40.7 Å². The summed E-state index contributed by atoms with van der Waals surface area (Å²) < 4.78 is 1.09. The van der Waals surface area contributed by atoms with Crippen LogP contribution in [0.15, 0.2) is 28.7 Å². The summed E-state index contributed by atoms with van der Waals surface area (Å²) >= 11 is 3.44. The lowest BCUT2D eigenvalue weighted by atomic mass is 10.1. The normalized spacial score (nSPS) is 18.4. The van der Waals surface area contributed by atoms with Crippen LogP contribution in [0.2, 0.25) is 0 Å². The Balaban J connectivity index is 0.00000200. The molecular formula is C14H22BrCl2N3O. The van der Waals surface area contributed by atoms with Gasteiger partial charge in [-0.3, -0.25) is 4.79 Å². The maximum Gasteiger partial charge on any atom is 0.236 e. The fourth-order valence-corrected chi connectivity index (χ4v) is 2.56. The number of benzene rings is 1. The number of hydrogen-bond donors (Lipinski definition) is 2. The van der Waals surface area contributed by atoms with Crippen LogP contribution in [-0.2, 0) is 4.79 Å². The van der Waals surface area contributed by atoms with Crippen molar-refractivity contribution in [1.82, 2.24) is 5.32 Å². The van der Waals surface area contributed by atoms with Crippen molar-refractivity contribution in [3.63, 3.8) is 0 Å². The van der Waals surface area contributed by atoms with Crippen molar-refractivity contribution in [2.45, 2.75) is 19.4 Å². The summed E-state index contributed by atoms with van der Waals surface area (Å²) in [5, 5.41) is 2.91. The van der Waals surface area contributed by atoms with Gasteiger partial charge in [0.25, 0.3) is 0 Å². The molecule has 2 rings (SSSR count). The molecule has 0 radical (unpaired) electrons. The lowest BCUT2D eigenvalue weighted by molar-refractivity contribution is -0.122. The van der Waals surface area contributed by atoms with Crippen LogP contribution < -0.4 is 16.0 Å². The minimum Gasteiger partial charge on any atom is -0.371 e. The molecule has 0 bridgehead atoms. The quantitative estimate of drug-likeness (QED) is 0.819. The Morgan fingerprint density at radius 1 is 1.43 bits per heavy atom. The van der Waals surface area contributed by atoms with Gasteiger partial charge in [0, 0.05) is 29.8 Å². The van der Waals surface area contributed by atoms with E-state index in [1.165, 1.54) is 5.69 Å². The third kappa shape index (κ3) is 6.02. The van der Waals surface area contributed by atoms with Crippen LogP contribution in [0.4, 0.5) is 5.69 Å². The first kappa shape index (κ1) is 20.5. The molecule has 1 aromatic rings. The van der Waals surface area contributed by atoms with Gasteiger partial charge >= 0.3 is 0 Å². The maximum atomic E-state index is 11.4. The zero-order chi connectivity index (χ0) is 13.8. The molecule has 1 aromatic carbocycles. The third-order valence-corrected chi connectivity index (χ3v) is 3.98. The van der Waals surface area contributed by atoms with Gasteiger partial charge in [0.1, 0.15) is 0 Å². The zero-order valence-electron chi connectivity index (χ0n) is 11.9. The molecule has 0 saturated carbocycles. The Bertz CT molecular complexity index is 442. The van der Waals surface area contributed by atoms with Crippen molar-refractivity contribution in [1.29, 1.82) is 0 Å². The number of carbonyl (C=O) groups is 1. The zero-order valence-corrected chi connectivity index (χ0v) is 15.1. The third-order valence-electron chi connectivity index (χ3n) is 3.46. The van der Waals surface area contributed by atoms with E-state index in [0.717, 1.165) is 24.0 Å². The predicted molar refractivity (Wildman–Crippen MR) is 95.6 cm³/mol. The average Bonchev–Trinajstić information content (AvgIpc) is 2.85. The molecule has 1 fully saturated rings. The smallest absolute Gasteiger partial charge is 0.236 e. The number of amides is 1. The van der Waals surface area contributed by atoms with Crippen molar-refractivity contribution >= 4 is 52.3 Å². The van der Waals surface area contributed by atoms with E-state index in [1.807, 2.05) is 0 Å². The van der Waals surface area contributed by atoms with Crippen molar-refractivity contribution in [3.05, 3.63) is 28.7 Å². The highest BCUT2D eigenvalue weighted by Gasteiger charge is 2.23. The summed E-state index contributed by atoms with van der Waals surface area (Å²) in [6.07, 6.45) is 1.11. The summed E-state index contributed by atoms with van der Waals surface area (Å²) in [4.78, 5) is 13.8. The number of carbonyl (C=O) groups excluding carboxylic acids is 1. The van der Waals surface area contributed by atoms with E-state index >= 15 is 0 Å². The molecule has 2 atom stereocenters.